The van der Waals surface area contributed by atoms with Gasteiger partial charge in [0.1, 0.15) is 11.9 Å². The van der Waals surface area contributed by atoms with Crippen LogP contribution in [0, 0.1) is 5.82 Å². The van der Waals surface area contributed by atoms with Crippen molar-refractivity contribution in [2.45, 2.75) is 31.5 Å². The molecule has 1 saturated heterocycles. The lowest BCUT2D eigenvalue weighted by Gasteiger charge is -2.35. The van der Waals surface area contributed by atoms with Crippen LogP contribution in [0.25, 0.3) is 10.9 Å². The zero-order valence-corrected chi connectivity index (χ0v) is 18.7. The van der Waals surface area contributed by atoms with Gasteiger partial charge in [-0.15, -0.1) is 5.10 Å². The van der Waals surface area contributed by atoms with Gasteiger partial charge in [0.15, 0.2) is 17.3 Å². The van der Waals surface area contributed by atoms with E-state index < -0.39 is 6.04 Å². The molecule has 1 unspecified atom stereocenters. The molecular weight excluding hydrogens is 455 g/mol. The number of tetrazole rings is 1. The van der Waals surface area contributed by atoms with Crippen LogP contribution in [-0.2, 0) is 6.54 Å². The number of halogens is 1. The van der Waals surface area contributed by atoms with E-state index in [2.05, 4.69) is 25.4 Å². The number of ether oxygens (including phenoxy) is 2. The number of piperidine rings is 1. The highest BCUT2D eigenvalue weighted by atomic mass is 19.1. The largest absolute Gasteiger partial charge is 0.454 e. The van der Waals surface area contributed by atoms with Crippen LogP contribution in [-0.4, -0.2) is 61.2 Å². The first-order valence-corrected chi connectivity index (χ1v) is 11.4. The first kappa shape index (κ1) is 21.7. The minimum Gasteiger partial charge on any atom is -0.454 e. The van der Waals surface area contributed by atoms with Crippen LogP contribution in [0.15, 0.2) is 47.3 Å². The normalized spacial score (nSPS) is 17.2. The van der Waals surface area contributed by atoms with Gasteiger partial charge in [-0.1, -0.05) is 12.1 Å². The summed E-state index contributed by atoms with van der Waals surface area (Å²) in [6.07, 6.45) is 0.789. The summed E-state index contributed by atoms with van der Waals surface area (Å²) in [5, 5.41) is 23.2. The summed E-state index contributed by atoms with van der Waals surface area (Å²) in [6.45, 7) is 1.61. The summed E-state index contributed by atoms with van der Waals surface area (Å²) in [6, 6.07) is 11.0. The van der Waals surface area contributed by atoms with E-state index in [1.807, 2.05) is 12.1 Å². The van der Waals surface area contributed by atoms with Gasteiger partial charge in [0.25, 0.3) is 5.56 Å². The van der Waals surface area contributed by atoms with Crippen LogP contribution < -0.4 is 15.0 Å². The Morgan fingerprint density at radius 2 is 1.86 bits per heavy atom. The molecule has 2 N–H and O–H groups in total. The lowest BCUT2D eigenvalue weighted by Crippen LogP contribution is -2.41. The summed E-state index contributed by atoms with van der Waals surface area (Å²) in [5.74, 6) is 1.38. The molecule has 2 aromatic heterocycles. The van der Waals surface area contributed by atoms with E-state index in [0.29, 0.717) is 60.9 Å². The van der Waals surface area contributed by atoms with E-state index in [9.17, 15) is 14.3 Å². The highest BCUT2D eigenvalue weighted by molar-refractivity contribution is 5.83. The summed E-state index contributed by atoms with van der Waals surface area (Å²) in [4.78, 5) is 18.4. The highest BCUT2D eigenvalue weighted by Crippen LogP contribution is 2.36. The van der Waals surface area contributed by atoms with Crippen molar-refractivity contribution < 1.29 is 19.0 Å². The maximum absolute atomic E-state index is 13.4. The molecule has 0 saturated carbocycles. The first-order valence-electron chi connectivity index (χ1n) is 11.4. The van der Waals surface area contributed by atoms with Crippen LogP contribution in [0.1, 0.15) is 35.8 Å². The third-order valence-electron chi connectivity index (χ3n) is 6.57. The van der Waals surface area contributed by atoms with Gasteiger partial charge in [0.05, 0.1) is 18.2 Å². The molecule has 2 aliphatic rings. The Morgan fingerprint density at radius 3 is 2.63 bits per heavy atom. The number of benzene rings is 2. The van der Waals surface area contributed by atoms with Crippen molar-refractivity contribution in [3.63, 3.8) is 0 Å². The van der Waals surface area contributed by atoms with Crippen LogP contribution in [0.5, 0.6) is 11.5 Å². The van der Waals surface area contributed by atoms with Crippen molar-refractivity contribution in [2.75, 3.05) is 19.9 Å². The quantitative estimate of drug-likeness (QED) is 0.447. The van der Waals surface area contributed by atoms with Crippen LogP contribution in [0.3, 0.4) is 0 Å². The van der Waals surface area contributed by atoms with E-state index in [0.717, 1.165) is 10.9 Å². The third-order valence-corrected chi connectivity index (χ3v) is 6.57. The molecule has 0 spiro atoms. The second-order valence-electron chi connectivity index (χ2n) is 8.84. The molecule has 6 rings (SSSR count). The summed E-state index contributed by atoms with van der Waals surface area (Å²) in [5.41, 5.74) is 1.70. The van der Waals surface area contributed by atoms with Crippen molar-refractivity contribution in [3.8, 4) is 11.5 Å². The summed E-state index contributed by atoms with van der Waals surface area (Å²) >= 11 is 0. The molecular formula is C24H23FN6O4. The Balaban J connectivity index is 1.45. The molecule has 4 aromatic rings. The van der Waals surface area contributed by atoms with E-state index >= 15 is 0 Å². The predicted molar refractivity (Wildman–Crippen MR) is 123 cm³/mol. The molecule has 1 fully saturated rings. The molecule has 4 heterocycles. The number of pyridine rings is 1. The van der Waals surface area contributed by atoms with Gasteiger partial charge in [-0.05, 0) is 53.1 Å². The lowest BCUT2D eigenvalue weighted by atomic mass is 9.99. The van der Waals surface area contributed by atoms with Gasteiger partial charge >= 0.3 is 0 Å². The van der Waals surface area contributed by atoms with Crippen molar-refractivity contribution in [1.82, 2.24) is 30.1 Å². The number of aliphatic hydroxyl groups is 1. The molecule has 180 valence electrons. The Kier molecular flexibility index (Phi) is 5.42. The topological polar surface area (TPSA) is 118 Å². The van der Waals surface area contributed by atoms with Gasteiger partial charge < -0.3 is 19.6 Å². The Labute approximate surface area is 198 Å². The number of H-pyrrole nitrogens is 1. The molecule has 0 radical (unpaired) electrons. The molecule has 11 heteroatoms. The number of hydrogen-bond donors (Lipinski definition) is 2. The Morgan fingerprint density at radius 1 is 1.11 bits per heavy atom. The van der Waals surface area contributed by atoms with Gasteiger partial charge in [-0.25, -0.2) is 9.07 Å². The van der Waals surface area contributed by atoms with E-state index in [1.165, 1.54) is 12.1 Å². The van der Waals surface area contributed by atoms with Gasteiger partial charge in [0, 0.05) is 30.1 Å². The molecule has 0 bridgehead atoms. The smallest absolute Gasteiger partial charge is 0.253 e. The fraction of sp³-hybridized carbons (Fsp3) is 0.333. The number of hydrogen-bond acceptors (Lipinski definition) is 8. The van der Waals surface area contributed by atoms with Crippen LogP contribution in [0.4, 0.5) is 4.39 Å². The predicted octanol–water partition coefficient (Wildman–Crippen LogP) is 1.98. The number of nitrogens with zero attached hydrogens (tertiary/aromatic N) is 5. The van der Waals surface area contributed by atoms with Crippen molar-refractivity contribution in [2.24, 2.45) is 0 Å². The fourth-order valence-corrected chi connectivity index (χ4v) is 4.74. The number of nitrogens with one attached hydrogen (secondary N) is 1. The van der Waals surface area contributed by atoms with Crippen molar-refractivity contribution in [3.05, 3.63) is 75.6 Å². The number of aromatic amines is 1. The zero-order valence-electron chi connectivity index (χ0n) is 18.7. The van der Waals surface area contributed by atoms with Crippen molar-refractivity contribution in [1.29, 1.82) is 0 Å². The maximum Gasteiger partial charge on any atom is 0.253 e. The SMILES string of the molecule is O=c1[nH]c2cc3c(cc2cc1C(c1nnnn1Cc1ccc(F)cc1)N1CCC(O)CC1)OCO3. The molecule has 1 atom stereocenters. The van der Waals surface area contributed by atoms with Crippen LogP contribution >= 0.6 is 0 Å². The number of likely N-dealkylation sites (tertiary alicyclic amines) is 1. The second kappa shape index (κ2) is 8.75. The minimum atomic E-state index is -0.545. The average molecular weight is 478 g/mol. The van der Waals surface area contributed by atoms with E-state index in [1.54, 1.807) is 22.9 Å². The second-order valence-corrected chi connectivity index (χ2v) is 8.84. The average Bonchev–Trinajstić information content (AvgIpc) is 3.50. The Bertz CT molecular complexity index is 1430. The number of rotatable bonds is 5. The van der Waals surface area contributed by atoms with Crippen LogP contribution in [0.2, 0.25) is 0 Å². The van der Waals surface area contributed by atoms with Crippen molar-refractivity contribution >= 4 is 10.9 Å². The standard InChI is InChI=1S/C24H23FN6O4/c25-16-3-1-14(2-4-16)12-31-23(27-28-29-31)22(30-7-5-17(32)6-8-30)18-9-15-10-20-21(35-13-34-20)11-19(15)26-24(18)33/h1-4,9-11,17,22,32H,5-8,12-13H2,(H,26,33). The van der Waals surface area contributed by atoms with Gasteiger partial charge in [0.2, 0.25) is 6.79 Å². The molecule has 0 aliphatic carbocycles. The van der Waals surface area contributed by atoms with E-state index in [4.69, 9.17) is 9.47 Å². The molecule has 35 heavy (non-hydrogen) atoms. The fourth-order valence-electron chi connectivity index (χ4n) is 4.74. The lowest BCUT2D eigenvalue weighted by molar-refractivity contribution is 0.0659. The summed E-state index contributed by atoms with van der Waals surface area (Å²) in [7, 11) is 0. The highest BCUT2D eigenvalue weighted by Gasteiger charge is 2.33. The minimum absolute atomic E-state index is 0.139. The van der Waals surface area contributed by atoms with E-state index in [-0.39, 0.29) is 24.3 Å². The number of fused-ring (bicyclic) bond motifs is 2. The molecule has 2 aliphatic heterocycles. The monoisotopic (exact) mass is 478 g/mol. The first-order chi connectivity index (χ1) is 17.0. The zero-order chi connectivity index (χ0) is 23.9. The molecule has 0 amide bonds. The Hall–Kier alpha value is -3.83. The maximum atomic E-state index is 13.4. The number of aliphatic hydroxyl groups excluding tert-OH is 1. The molecule has 2 aromatic carbocycles. The third kappa shape index (κ3) is 4.13. The van der Waals surface area contributed by atoms with Gasteiger partial charge in [-0.2, -0.15) is 0 Å². The number of aromatic nitrogens is 5. The summed E-state index contributed by atoms with van der Waals surface area (Å²) < 4.78 is 26.0. The molecule has 10 nitrogen and oxygen atoms in total. The van der Waals surface area contributed by atoms with Gasteiger partial charge in [-0.3, -0.25) is 9.69 Å².